The number of ether oxygens (including phenoxy) is 2. The van der Waals surface area contributed by atoms with Crippen molar-refractivity contribution >= 4 is 6.02 Å². The maximum Gasteiger partial charge on any atom is 0.282 e. The largest absolute Gasteiger partial charge is 0.494 e. The molecule has 0 radical (unpaired) electrons. The van der Waals surface area contributed by atoms with Crippen LogP contribution in [0.1, 0.15) is 12.0 Å². The maximum absolute atomic E-state index is 13.2. The van der Waals surface area contributed by atoms with Gasteiger partial charge in [-0.2, -0.15) is 0 Å². The predicted molar refractivity (Wildman–Crippen MR) is 62.6 cm³/mol. The van der Waals surface area contributed by atoms with Crippen LogP contribution in [0.25, 0.3) is 0 Å². The van der Waals surface area contributed by atoms with Gasteiger partial charge in [0, 0.05) is 0 Å². The Bertz CT molecular complexity index is 435. The third kappa shape index (κ3) is 2.87. The average molecular weight is 238 g/mol. The Balaban J connectivity index is 1.95. The molecule has 2 rings (SSSR count). The number of hydrogen-bond donors (Lipinski definition) is 1. The van der Waals surface area contributed by atoms with E-state index in [0.717, 1.165) is 18.4 Å². The molecule has 0 saturated carbocycles. The smallest absolute Gasteiger partial charge is 0.282 e. The quantitative estimate of drug-likeness (QED) is 0.864. The maximum atomic E-state index is 13.2. The van der Waals surface area contributed by atoms with Crippen LogP contribution < -0.4 is 10.5 Å². The minimum absolute atomic E-state index is 0.103. The molecule has 1 heterocycles. The van der Waals surface area contributed by atoms with Crippen LogP contribution in [0.4, 0.5) is 4.39 Å². The fraction of sp³-hybridized carbons (Fsp3) is 0.417. The summed E-state index contributed by atoms with van der Waals surface area (Å²) < 4.78 is 23.2. The normalized spacial score (nSPS) is 18.7. The highest BCUT2D eigenvalue weighted by molar-refractivity contribution is 5.72. The first-order valence-corrected chi connectivity index (χ1v) is 5.47. The predicted octanol–water partition coefficient (Wildman–Crippen LogP) is 1.48. The highest BCUT2D eigenvalue weighted by atomic mass is 19.1. The number of aliphatic imine (C=N–C) groups is 1. The van der Waals surface area contributed by atoms with E-state index in [4.69, 9.17) is 15.2 Å². The van der Waals surface area contributed by atoms with Gasteiger partial charge in [0.1, 0.15) is 6.61 Å². The summed E-state index contributed by atoms with van der Waals surface area (Å²) in [5.74, 6) is -0.0732. The van der Waals surface area contributed by atoms with Gasteiger partial charge in [-0.25, -0.2) is 9.38 Å². The second-order valence-electron chi connectivity index (χ2n) is 3.94. The molecule has 0 amide bonds. The number of benzene rings is 1. The Kier molecular flexibility index (Phi) is 3.46. The van der Waals surface area contributed by atoms with Crippen LogP contribution in [-0.2, 0) is 11.2 Å². The minimum Gasteiger partial charge on any atom is -0.494 e. The van der Waals surface area contributed by atoms with Crippen molar-refractivity contribution in [3.63, 3.8) is 0 Å². The molecule has 17 heavy (non-hydrogen) atoms. The number of halogens is 1. The zero-order valence-corrected chi connectivity index (χ0v) is 9.65. The van der Waals surface area contributed by atoms with Crippen LogP contribution in [0.15, 0.2) is 23.2 Å². The standard InChI is InChI=1S/C12H15FN2O2/c1-16-11-6-8(3-5-10(11)13)2-4-9-7-17-12(14)15-9/h3,5-6,9H,2,4,7H2,1H3,(H2,14,15)/t9-/m0/s1. The topological polar surface area (TPSA) is 56.8 Å². The molecule has 1 aliphatic heterocycles. The highest BCUT2D eigenvalue weighted by Crippen LogP contribution is 2.20. The van der Waals surface area contributed by atoms with Crippen molar-refractivity contribution in [3.05, 3.63) is 29.6 Å². The molecular formula is C12H15FN2O2. The van der Waals surface area contributed by atoms with Crippen molar-refractivity contribution in [1.82, 2.24) is 0 Å². The van der Waals surface area contributed by atoms with E-state index >= 15 is 0 Å². The zero-order chi connectivity index (χ0) is 12.3. The van der Waals surface area contributed by atoms with Gasteiger partial charge in [-0.15, -0.1) is 0 Å². The second-order valence-corrected chi connectivity index (χ2v) is 3.94. The van der Waals surface area contributed by atoms with Gasteiger partial charge in [-0.05, 0) is 30.5 Å². The Hall–Kier alpha value is -1.78. The lowest BCUT2D eigenvalue weighted by Gasteiger charge is -2.07. The van der Waals surface area contributed by atoms with E-state index in [1.165, 1.54) is 13.2 Å². The van der Waals surface area contributed by atoms with Gasteiger partial charge in [0.25, 0.3) is 6.02 Å². The van der Waals surface area contributed by atoms with Crippen LogP contribution >= 0.6 is 0 Å². The molecule has 1 atom stereocenters. The minimum atomic E-state index is -0.345. The van der Waals surface area contributed by atoms with E-state index in [1.807, 2.05) is 0 Å². The fourth-order valence-corrected chi connectivity index (χ4v) is 1.78. The number of nitrogens with zero attached hydrogens (tertiary/aromatic N) is 1. The Morgan fingerprint density at radius 3 is 3.06 bits per heavy atom. The molecule has 2 N–H and O–H groups in total. The third-order valence-electron chi connectivity index (χ3n) is 2.72. The van der Waals surface area contributed by atoms with Gasteiger partial charge in [0.05, 0.1) is 13.2 Å². The van der Waals surface area contributed by atoms with Crippen LogP contribution in [0.2, 0.25) is 0 Å². The lowest BCUT2D eigenvalue weighted by Crippen LogP contribution is -2.10. The van der Waals surface area contributed by atoms with Crippen molar-refractivity contribution in [2.24, 2.45) is 10.7 Å². The first-order valence-electron chi connectivity index (χ1n) is 5.47. The van der Waals surface area contributed by atoms with Gasteiger partial charge >= 0.3 is 0 Å². The SMILES string of the molecule is COc1cc(CC[C@H]2COC(N)=N2)ccc1F. The number of nitrogens with two attached hydrogens (primary N) is 1. The molecule has 0 aromatic heterocycles. The summed E-state index contributed by atoms with van der Waals surface area (Å²) in [6, 6.07) is 5.23. The summed E-state index contributed by atoms with van der Waals surface area (Å²) in [4.78, 5) is 4.13. The van der Waals surface area contributed by atoms with E-state index < -0.39 is 0 Å². The van der Waals surface area contributed by atoms with Gasteiger partial charge in [-0.3, -0.25) is 0 Å². The molecule has 5 heteroatoms. The first kappa shape index (κ1) is 11.7. The molecule has 0 aliphatic carbocycles. The van der Waals surface area contributed by atoms with E-state index in [0.29, 0.717) is 6.61 Å². The molecule has 1 aromatic carbocycles. The van der Waals surface area contributed by atoms with Crippen molar-refractivity contribution in [2.75, 3.05) is 13.7 Å². The molecular weight excluding hydrogens is 223 g/mol. The van der Waals surface area contributed by atoms with E-state index in [1.54, 1.807) is 12.1 Å². The summed E-state index contributed by atoms with van der Waals surface area (Å²) >= 11 is 0. The summed E-state index contributed by atoms with van der Waals surface area (Å²) in [7, 11) is 1.46. The van der Waals surface area contributed by atoms with Crippen LogP contribution in [0.3, 0.4) is 0 Å². The number of methoxy groups -OCH3 is 1. The summed E-state index contributed by atoms with van der Waals surface area (Å²) in [5, 5.41) is 0. The lowest BCUT2D eigenvalue weighted by molar-refractivity contribution is 0.308. The molecule has 1 aromatic rings. The van der Waals surface area contributed by atoms with Gasteiger partial charge < -0.3 is 15.2 Å². The van der Waals surface area contributed by atoms with E-state index in [2.05, 4.69) is 4.99 Å². The van der Waals surface area contributed by atoms with Crippen molar-refractivity contribution in [2.45, 2.75) is 18.9 Å². The van der Waals surface area contributed by atoms with E-state index in [9.17, 15) is 4.39 Å². The van der Waals surface area contributed by atoms with Gasteiger partial charge in [0.2, 0.25) is 0 Å². The monoisotopic (exact) mass is 238 g/mol. The molecule has 4 nitrogen and oxygen atoms in total. The molecule has 0 bridgehead atoms. The van der Waals surface area contributed by atoms with Crippen molar-refractivity contribution < 1.29 is 13.9 Å². The summed E-state index contributed by atoms with van der Waals surface area (Å²) in [6.45, 7) is 0.532. The Labute approximate surface area is 99.2 Å². The van der Waals surface area contributed by atoms with Crippen molar-refractivity contribution in [3.8, 4) is 5.75 Å². The van der Waals surface area contributed by atoms with Gasteiger partial charge in [0.15, 0.2) is 11.6 Å². The average Bonchev–Trinajstić information content (AvgIpc) is 2.74. The molecule has 0 fully saturated rings. The molecule has 92 valence electrons. The second kappa shape index (κ2) is 5.03. The highest BCUT2D eigenvalue weighted by Gasteiger charge is 2.16. The summed E-state index contributed by atoms with van der Waals surface area (Å²) in [6.07, 6.45) is 1.62. The number of amidine groups is 1. The molecule has 0 saturated heterocycles. The Morgan fingerprint density at radius 1 is 1.59 bits per heavy atom. The molecule has 0 spiro atoms. The van der Waals surface area contributed by atoms with Crippen LogP contribution in [-0.4, -0.2) is 25.8 Å². The lowest BCUT2D eigenvalue weighted by atomic mass is 10.1. The Morgan fingerprint density at radius 2 is 2.41 bits per heavy atom. The number of rotatable bonds is 4. The third-order valence-corrected chi connectivity index (χ3v) is 2.72. The van der Waals surface area contributed by atoms with Crippen LogP contribution in [0, 0.1) is 5.82 Å². The number of aryl methyl sites for hydroxylation is 1. The van der Waals surface area contributed by atoms with Crippen molar-refractivity contribution in [1.29, 1.82) is 0 Å². The van der Waals surface area contributed by atoms with Crippen LogP contribution in [0.5, 0.6) is 5.75 Å². The fourth-order valence-electron chi connectivity index (χ4n) is 1.78. The first-order chi connectivity index (χ1) is 8.19. The summed E-state index contributed by atoms with van der Waals surface area (Å²) in [5.41, 5.74) is 6.44. The molecule has 0 unspecified atom stereocenters. The zero-order valence-electron chi connectivity index (χ0n) is 9.65. The van der Waals surface area contributed by atoms with Gasteiger partial charge in [-0.1, -0.05) is 6.07 Å². The number of hydrogen-bond acceptors (Lipinski definition) is 4. The molecule has 1 aliphatic rings. The van der Waals surface area contributed by atoms with E-state index in [-0.39, 0.29) is 23.6 Å².